The molecule has 0 fully saturated rings. The van der Waals surface area contributed by atoms with Crippen molar-refractivity contribution in [2.45, 2.75) is 13.3 Å². The molecule has 1 aromatic carbocycles. The Hall–Kier alpha value is -2.14. The van der Waals surface area contributed by atoms with Gasteiger partial charge in [-0.3, -0.25) is 9.78 Å². The van der Waals surface area contributed by atoms with Crippen molar-refractivity contribution < 1.29 is 4.79 Å². The predicted octanol–water partition coefficient (Wildman–Crippen LogP) is 2.88. The highest BCUT2D eigenvalue weighted by Crippen LogP contribution is 2.22. The third kappa shape index (κ3) is 2.02. The number of nitrogens with zero attached hydrogens (tertiary/aromatic N) is 3. The largest absolute Gasteiger partial charge is 0.288 e. The van der Waals surface area contributed by atoms with Gasteiger partial charge in [-0.15, -0.1) is 5.10 Å². The Morgan fingerprint density at radius 3 is 3.00 bits per heavy atom. The summed E-state index contributed by atoms with van der Waals surface area (Å²) in [6.07, 6.45) is 2.43. The zero-order valence-corrected chi connectivity index (χ0v) is 11.1. The van der Waals surface area contributed by atoms with Crippen LogP contribution in [-0.2, 0) is 6.42 Å². The van der Waals surface area contributed by atoms with Gasteiger partial charge in [-0.1, -0.05) is 29.6 Å². The van der Waals surface area contributed by atoms with Crippen molar-refractivity contribution in [2.24, 2.45) is 0 Å². The Morgan fingerprint density at radius 1 is 1.26 bits per heavy atom. The van der Waals surface area contributed by atoms with Gasteiger partial charge >= 0.3 is 0 Å². The molecule has 3 rings (SSSR count). The van der Waals surface area contributed by atoms with E-state index in [2.05, 4.69) is 14.6 Å². The summed E-state index contributed by atoms with van der Waals surface area (Å²) in [6.45, 7) is 1.97. The van der Waals surface area contributed by atoms with E-state index in [0.717, 1.165) is 28.1 Å². The first-order valence-electron chi connectivity index (χ1n) is 6.01. The lowest BCUT2D eigenvalue weighted by molar-refractivity contribution is 0.104. The fraction of sp³-hybridized carbons (Fsp3) is 0.143. The van der Waals surface area contributed by atoms with Crippen LogP contribution in [0.15, 0.2) is 36.5 Å². The molecule has 0 radical (unpaired) electrons. The second kappa shape index (κ2) is 4.85. The van der Waals surface area contributed by atoms with E-state index < -0.39 is 0 Å². The van der Waals surface area contributed by atoms with Crippen LogP contribution in [0.5, 0.6) is 0 Å². The predicted molar refractivity (Wildman–Crippen MR) is 74.5 cm³/mol. The Kier molecular flexibility index (Phi) is 3.05. The molecule has 0 unspecified atom stereocenters. The average molecular weight is 269 g/mol. The van der Waals surface area contributed by atoms with Gasteiger partial charge in [0.2, 0.25) is 5.78 Å². The highest BCUT2D eigenvalue weighted by molar-refractivity contribution is 7.08. The van der Waals surface area contributed by atoms with Crippen LogP contribution < -0.4 is 0 Å². The van der Waals surface area contributed by atoms with Crippen molar-refractivity contribution in [1.29, 1.82) is 0 Å². The van der Waals surface area contributed by atoms with Crippen LogP contribution in [0.2, 0.25) is 0 Å². The summed E-state index contributed by atoms with van der Waals surface area (Å²) in [5.41, 5.74) is 2.24. The molecule has 2 aromatic heterocycles. The quantitative estimate of drug-likeness (QED) is 0.686. The molecule has 19 heavy (non-hydrogen) atoms. The van der Waals surface area contributed by atoms with E-state index in [1.54, 1.807) is 6.20 Å². The minimum atomic E-state index is -0.0227. The van der Waals surface area contributed by atoms with Gasteiger partial charge in [-0.2, -0.15) is 0 Å². The molecule has 0 amide bonds. The molecule has 0 saturated heterocycles. The molecule has 4 nitrogen and oxygen atoms in total. The molecule has 0 bridgehead atoms. The lowest BCUT2D eigenvalue weighted by Gasteiger charge is -2.04. The molecule has 0 aliphatic carbocycles. The van der Waals surface area contributed by atoms with Crippen molar-refractivity contribution in [2.75, 3.05) is 0 Å². The fourth-order valence-corrected chi connectivity index (χ4v) is 2.74. The van der Waals surface area contributed by atoms with Crippen molar-refractivity contribution in [3.8, 4) is 0 Å². The van der Waals surface area contributed by atoms with E-state index >= 15 is 0 Å². The second-order valence-electron chi connectivity index (χ2n) is 4.11. The third-order valence-electron chi connectivity index (χ3n) is 2.99. The number of benzene rings is 1. The van der Waals surface area contributed by atoms with Crippen LogP contribution in [0.25, 0.3) is 10.9 Å². The number of hydrogen-bond acceptors (Lipinski definition) is 5. The monoisotopic (exact) mass is 269 g/mol. The number of hydrogen-bond donors (Lipinski definition) is 0. The topological polar surface area (TPSA) is 55.7 Å². The molecule has 5 heteroatoms. The van der Waals surface area contributed by atoms with E-state index in [1.807, 2.05) is 37.3 Å². The molecule has 0 saturated carbocycles. The van der Waals surface area contributed by atoms with Crippen LogP contribution in [0.4, 0.5) is 0 Å². The van der Waals surface area contributed by atoms with Crippen molar-refractivity contribution >= 4 is 28.2 Å². The van der Waals surface area contributed by atoms with Crippen molar-refractivity contribution in [3.63, 3.8) is 0 Å². The van der Waals surface area contributed by atoms with Crippen LogP contribution in [-0.4, -0.2) is 20.4 Å². The van der Waals surface area contributed by atoms with Crippen LogP contribution in [0.3, 0.4) is 0 Å². The lowest BCUT2D eigenvalue weighted by atomic mass is 10.0. The molecule has 0 atom stereocenters. The molecule has 0 N–H and O–H groups in total. The lowest BCUT2D eigenvalue weighted by Crippen LogP contribution is -2.03. The maximum Gasteiger partial charge on any atom is 0.207 e. The van der Waals surface area contributed by atoms with Crippen LogP contribution in [0.1, 0.15) is 27.9 Å². The number of carbonyl (C=O) groups excluding carboxylic acids is 1. The van der Waals surface area contributed by atoms with Gasteiger partial charge in [-0.05, 0) is 30.1 Å². The fourth-order valence-electron chi connectivity index (χ4n) is 2.04. The Labute approximate surface area is 114 Å². The minimum absolute atomic E-state index is 0.0227. The smallest absolute Gasteiger partial charge is 0.207 e. The van der Waals surface area contributed by atoms with Gasteiger partial charge < -0.3 is 0 Å². The second-order valence-corrected chi connectivity index (χ2v) is 4.86. The van der Waals surface area contributed by atoms with Crippen LogP contribution >= 0.6 is 11.5 Å². The summed E-state index contributed by atoms with van der Waals surface area (Å²) >= 11 is 1.15. The SMILES string of the molecule is CCc1nnsc1C(=O)c1cccc2ncccc12. The van der Waals surface area contributed by atoms with Gasteiger partial charge in [0.25, 0.3) is 0 Å². The highest BCUT2D eigenvalue weighted by Gasteiger charge is 2.18. The van der Waals surface area contributed by atoms with E-state index in [9.17, 15) is 4.79 Å². The summed E-state index contributed by atoms with van der Waals surface area (Å²) < 4.78 is 3.87. The number of pyridine rings is 1. The Bertz CT molecular complexity index is 746. The zero-order valence-electron chi connectivity index (χ0n) is 10.3. The first-order chi connectivity index (χ1) is 9.31. The molecular weight excluding hydrogens is 258 g/mol. The maximum atomic E-state index is 12.6. The summed E-state index contributed by atoms with van der Waals surface area (Å²) in [4.78, 5) is 17.5. The first-order valence-corrected chi connectivity index (χ1v) is 6.78. The molecule has 0 aliphatic rings. The summed E-state index contributed by atoms with van der Waals surface area (Å²) in [5, 5.41) is 4.86. The first kappa shape index (κ1) is 11.9. The van der Waals surface area contributed by atoms with E-state index in [1.165, 1.54) is 0 Å². The average Bonchev–Trinajstić information content (AvgIpc) is 2.94. The number of fused-ring (bicyclic) bond motifs is 1. The molecule has 2 heterocycles. The number of aromatic nitrogens is 3. The maximum absolute atomic E-state index is 12.6. The van der Waals surface area contributed by atoms with E-state index in [-0.39, 0.29) is 5.78 Å². The van der Waals surface area contributed by atoms with Gasteiger partial charge in [-0.25, -0.2) is 0 Å². The minimum Gasteiger partial charge on any atom is -0.288 e. The van der Waals surface area contributed by atoms with Crippen LogP contribution in [0, 0.1) is 0 Å². The molecule has 0 aliphatic heterocycles. The van der Waals surface area contributed by atoms with E-state index in [0.29, 0.717) is 16.9 Å². The Balaban J connectivity index is 2.17. The third-order valence-corrected chi connectivity index (χ3v) is 3.75. The number of rotatable bonds is 3. The van der Waals surface area contributed by atoms with Gasteiger partial charge in [0.05, 0.1) is 11.2 Å². The van der Waals surface area contributed by atoms with Crippen molar-refractivity contribution in [1.82, 2.24) is 14.6 Å². The molecule has 0 spiro atoms. The number of carbonyl (C=O) groups is 1. The number of ketones is 1. The highest BCUT2D eigenvalue weighted by atomic mass is 32.1. The summed E-state index contributed by atoms with van der Waals surface area (Å²) in [7, 11) is 0. The Morgan fingerprint density at radius 2 is 2.16 bits per heavy atom. The van der Waals surface area contributed by atoms with Gasteiger partial charge in [0.15, 0.2) is 0 Å². The van der Waals surface area contributed by atoms with Gasteiger partial charge in [0.1, 0.15) is 4.88 Å². The summed E-state index contributed by atoms with van der Waals surface area (Å²) in [6, 6.07) is 9.33. The standard InChI is InChI=1S/C14H11N3OS/c1-2-11-14(19-17-16-11)13(18)10-5-3-7-12-9(10)6-4-8-15-12/h3-8H,2H2,1H3. The molecule has 94 valence electrons. The zero-order chi connectivity index (χ0) is 13.2. The molecule has 3 aromatic rings. The van der Waals surface area contributed by atoms with E-state index in [4.69, 9.17) is 0 Å². The molecular formula is C14H11N3OS. The normalized spacial score (nSPS) is 10.8. The number of aryl methyl sites for hydroxylation is 1. The summed E-state index contributed by atoms with van der Waals surface area (Å²) in [5.74, 6) is -0.0227. The van der Waals surface area contributed by atoms with Gasteiger partial charge in [0, 0.05) is 17.1 Å². The van der Waals surface area contributed by atoms with Crippen molar-refractivity contribution in [3.05, 3.63) is 52.7 Å².